The number of nitrogens with one attached hydrogen (secondary N) is 1. The third-order valence-corrected chi connectivity index (χ3v) is 6.45. The first-order valence-electron chi connectivity index (χ1n) is 9.55. The monoisotopic (exact) mass is 443 g/mol. The third-order valence-electron chi connectivity index (χ3n) is 5.11. The van der Waals surface area contributed by atoms with Gasteiger partial charge < -0.3 is 10.2 Å². The number of nitrogens with zero attached hydrogens (tertiary/aromatic N) is 6. The number of anilines is 2. The van der Waals surface area contributed by atoms with Gasteiger partial charge in [0.1, 0.15) is 17.6 Å². The lowest BCUT2D eigenvalue weighted by Crippen LogP contribution is -2.28. The molecule has 1 fully saturated rings. The van der Waals surface area contributed by atoms with Crippen molar-refractivity contribution in [2.24, 2.45) is 0 Å². The van der Waals surface area contributed by atoms with Gasteiger partial charge in [0.2, 0.25) is 5.91 Å². The van der Waals surface area contributed by atoms with E-state index in [0.29, 0.717) is 22.0 Å². The van der Waals surface area contributed by atoms with Crippen molar-refractivity contribution < 1.29 is 4.79 Å². The Hall–Kier alpha value is -2.98. The highest BCUT2D eigenvalue weighted by Gasteiger charge is 2.20. The minimum Gasteiger partial charge on any atom is -0.348 e. The van der Waals surface area contributed by atoms with E-state index in [0.717, 1.165) is 46.0 Å². The number of carbonyl (C=O) groups excluding carboxylic acids is 1. The summed E-state index contributed by atoms with van der Waals surface area (Å²) in [4.78, 5) is 36.4. The van der Waals surface area contributed by atoms with Crippen molar-refractivity contribution in [1.29, 1.82) is 0 Å². The van der Waals surface area contributed by atoms with E-state index < -0.39 is 5.69 Å². The van der Waals surface area contributed by atoms with Gasteiger partial charge in [-0.2, -0.15) is 4.98 Å². The molecule has 5 rings (SSSR count). The fourth-order valence-electron chi connectivity index (χ4n) is 3.53. The molecule has 154 valence electrons. The second-order valence-corrected chi connectivity index (χ2v) is 8.64. The van der Waals surface area contributed by atoms with Crippen LogP contribution in [0.3, 0.4) is 0 Å². The Morgan fingerprint density at radius 1 is 1.30 bits per heavy atom. The predicted molar refractivity (Wildman–Crippen MR) is 117 cm³/mol. The maximum atomic E-state index is 12.7. The molecule has 30 heavy (non-hydrogen) atoms. The molecule has 1 aliphatic heterocycles. The fraction of sp³-hybridized carbons (Fsp3) is 0.316. The normalized spacial score (nSPS) is 14.1. The van der Waals surface area contributed by atoms with Crippen molar-refractivity contribution in [1.82, 2.24) is 24.1 Å². The first-order valence-corrected chi connectivity index (χ1v) is 10.7. The van der Waals surface area contributed by atoms with Crippen LogP contribution in [0.2, 0.25) is 5.02 Å². The number of amides is 1. The van der Waals surface area contributed by atoms with Crippen LogP contribution in [0, 0.1) is 6.92 Å². The molecule has 1 N–H and O–H groups in total. The van der Waals surface area contributed by atoms with E-state index in [1.54, 1.807) is 12.1 Å². The number of hydrogen-bond donors (Lipinski definition) is 1. The van der Waals surface area contributed by atoms with Crippen molar-refractivity contribution in [3.63, 3.8) is 0 Å². The highest BCUT2D eigenvalue weighted by molar-refractivity contribution is 7.22. The van der Waals surface area contributed by atoms with Crippen LogP contribution >= 0.6 is 22.9 Å². The highest BCUT2D eigenvalue weighted by Crippen LogP contribution is 2.31. The SMILES string of the molecule is Cc1ccc(Cl)cc1NC(=O)Cn1nc2c3sc(N4CCCC4)nc3ncn2c1=O. The maximum Gasteiger partial charge on any atom is 0.352 e. The van der Waals surface area contributed by atoms with Gasteiger partial charge in [0, 0.05) is 23.8 Å². The molecule has 0 radical (unpaired) electrons. The van der Waals surface area contributed by atoms with Gasteiger partial charge >= 0.3 is 5.69 Å². The molecule has 1 aromatic carbocycles. The van der Waals surface area contributed by atoms with Crippen LogP contribution in [-0.2, 0) is 11.3 Å². The number of aryl methyl sites for hydroxylation is 1. The van der Waals surface area contributed by atoms with Gasteiger partial charge in [-0.1, -0.05) is 29.0 Å². The third kappa shape index (κ3) is 3.31. The summed E-state index contributed by atoms with van der Waals surface area (Å²) in [6, 6.07) is 5.24. The van der Waals surface area contributed by atoms with Gasteiger partial charge in [0.15, 0.2) is 16.4 Å². The lowest BCUT2D eigenvalue weighted by molar-refractivity contribution is -0.117. The van der Waals surface area contributed by atoms with Crippen molar-refractivity contribution in [2.75, 3.05) is 23.3 Å². The van der Waals surface area contributed by atoms with Crippen LogP contribution in [0.1, 0.15) is 18.4 Å². The molecule has 1 aliphatic rings. The van der Waals surface area contributed by atoms with E-state index in [1.807, 2.05) is 13.0 Å². The molecule has 1 amide bonds. The molecular formula is C19H18ClN7O2S. The highest BCUT2D eigenvalue weighted by atomic mass is 35.5. The molecule has 0 unspecified atom stereocenters. The summed E-state index contributed by atoms with van der Waals surface area (Å²) in [5.41, 5.74) is 2.07. The first kappa shape index (κ1) is 19.0. The second-order valence-electron chi connectivity index (χ2n) is 7.23. The van der Waals surface area contributed by atoms with Crippen LogP contribution < -0.4 is 15.9 Å². The lowest BCUT2D eigenvalue weighted by Gasteiger charge is -2.11. The molecule has 11 heteroatoms. The zero-order chi connectivity index (χ0) is 20.8. The molecule has 9 nitrogen and oxygen atoms in total. The molecular weight excluding hydrogens is 426 g/mol. The molecule has 0 atom stereocenters. The van der Waals surface area contributed by atoms with Crippen molar-refractivity contribution in [2.45, 2.75) is 26.3 Å². The van der Waals surface area contributed by atoms with Gasteiger partial charge in [-0.05, 0) is 37.5 Å². The van der Waals surface area contributed by atoms with Gasteiger partial charge in [-0.3, -0.25) is 4.79 Å². The van der Waals surface area contributed by atoms with Gasteiger partial charge in [-0.25, -0.2) is 18.9 Å². The Morgan fingerprint density at radius 3 is 2.90 bits per heavy atom. The predicted octanol–water partition coefficient (Wildman–Crippen LogP) is 2.70. The summed E-state index contributed by atoms with van der Waals surface area (Å²) in [6.07, 6.45) is 3.71. The van der Waals surface area contributed by atoms with E-state index in [2.05, 4.69) is 25.3 Å². The topological polar surface area (TPSA) is 97.4 Å². The second kappa shape index (κ2) is 7.37. The molecule has 0 spiro atoms. The Morgan fingerprint density at radius 2 is 2.10 bits per heavy atom. The number of halogens is 1. The minimum absolute atomic E-state index is 0.217. The number of thiazole rings is 1. The van der Waals surface area contributed by atoms with Crippen LogP contribution in [-0.4, -0.2) is 43.1 Å². The number of carbonyl (C=O) groups is 1. The molecule has 4 heterocycles. The number of hydrogen-bond acceptors (Lipinski definition) is 7. The Kier molecular flexibility index (Phi) is 4.67. The number of rotatable bonds is 4. The van der Waals surface area contributed by atoms with Crippen molar-refractivity contribution in [3.05, 3.63) is 45.6 Å². The largest absolute Gasteiger partial charge is 0.352 e. The zero-order valence-electron chi connectivity index (χ0n) is 16.1. The van der Waals surface area contributed by atoms with E-state index in [1.165, 1.54) is 22.1 Å². The Balaban J connectivity index is 1.46. The molecule has 0 saturated carbocycles. The van der Waals surface area contributed by atoms with Crippen LogP contribution in [0.4, 0.5) is 10.8 Å². The average Bonchev–Trinajstić information content (AvgIpc) is 3.44. The summed E-state index contributed by atoms with van der Waals surface area (Å²) in [5.74, 6) is -0.364. The van der Waals surface area contributed by atoms with Crippen molar-refractivity contribution >= 4 is 55.7 Å². The fourth-order valence-corrected chi connectivity index (χ4v) is 4.75. The quantitative estimate of drug-likeness (QED) is 0.520. The molecule has 1 saturated heterocycles. The van der Waals surface area contributed by atoms with Gasteiger partial charge in [-0.15, -0.1) is 5.10 Å². The molecule has 0 bridgehead atoms. The lowest BCUT2D eigenvalue weighted by atomic mass is 10.2. The smallest absolute Gasteiger partial charge is 0.348 e. The number of fused-ring (bicyclic) bond motifs is 3. The van der Waals surface area contributed by atoms with E-state index in [4.69, 9.17) is 11.6 Å². The zero-order valence-corrected chi connectivity index (χ0v) is 17.7. The summed E-state index contributed by atoms with van der Waals surface area (Å²) < 4.78 is 3.23. The Bertz CT molecular complexity index is 1340. The van der Waals surface area contributed by atoms with Gasteiger partial charge in [0.25, 0.3) is 0 Å². The molecule has 4 aromatic rings. The van der Waals surface area contributed by atoms with Gasteiger partial charge in [0.05, 0.1) is 0 Å². The molecule has 3 aromatic heterocycles. The van der Waals surface area contributed by atoms with E-state index in [-0.39, 0.29) is 12.5 Å². The van der Waals surface area contributed by atoms with E-state index >= 15 is 0 Å². The number of benzene rings is 1. The molecule has 0 aliphatic carbocycles. The summed E-state index contributed by atoms with van der Waals surface area (Å²) >= 11 is 7.48. The van der Waals surface area contributed by atoms with Crippen LogP contribution in [0.15, 0.2) is 29.3 Å². The summed E-state index contributed by atoms with van der Waals surface area (Å²) in [5, 5.41) is 8.59. The minimum atomic E-state index is -0.423. The van der Waals surface area contributed by atoms with Crippen molar-refractivity contribution in [3.8, 4) is 0 Å². The number of aromatic nitrogens is 5. The standard InChI is InChI=1S/C19H18ClN7O2S/c1-11-4-5-12(20)8-13(11)22-14(28)9-27-19(29)26-10-21-16-15(17(26)24-27)30-18(23-16)25-6-2-3-7-25/h4-5,8,10H,2-3,6-7,9H2,1H3,(H,22,28). The maximum absolute atomic E-state index is 12.7. The van der Waals surface area contributed by atoms with Crippen LogP contribution in [0.5, 0.6) is 0 Å². The summed E-state index contributed by atoms with van der Waals surface area (Å²) in [7, 11) is 0. The van der Waals surface area contributed by atoms with E-state index in [9.17, 15) is 9.59 Å². The Labute approximate surface area is 179 Å². The average molecular weight is 444 g/mol. The summed E-state index contributed by atoms with van der Waals surface area (Å²) in [6.45, 7) is 3.60. The first-order chi connectivity index (χ1) is 14.5. The van der Waals surface area contributed by atoms with Crippen LogP contribution in [0.25, 0.3) is 16.0 Å².